The second-order valence-electron chi connectivity index (χ2n) is 7.16. The van der Waals surface area contributed by atoms with E-state index in [0.717, 1.165) is 44.8 Å². The molecule has 1 fully saturated rings. The number of H-pyrrole nitrogens is 1. The largest absolute Gasteiger partial charge is 0.463 e. The highest BCUT2D eigenvalue weighted by molar-refractivity contribution is 5.81. The first-order chi connectivity index (χ1) is 14.1. The van der Waals surface area contributed by atoms with Gasteiger partial charge in [-0.25, -0.2) is 4.79 Å². The lowest BCUT2D eigenvalue weighted by molar-refractivity contribution is 0.0342. The van der Waals surface area contributed by atoms with Gasteiger partial charge in [-0.1, -0.05) is 31.2 Å². The van der Waals surface area contributed by atoms with Crippen molar-refractivity contribution >= 4 is 17.0 Å². The molecule has 0 bridgehead atoms. The van der Waals surface area contributed by atoms with Crippen LogP contribution in [0.1, 0.15) is 24.5 Å². The van der Waals surface area contributed by atoms with Crippen LogP contribution in [0.2, 0.25) is 0 Å². The molecule has 4 rings (SSSR count). The number of nitrogens with two attached hydrogens (primary N) is 1. The van der Waals surface area contributed by atoms with Crippen molar-refractivity contribution < 1.29 is 9.47 Å². The molecule has 0 amide bonds. The molecule has 9 nitrogen and oxygen atoms in total. The Morgan fingerprint density at radius 2 is 1.83 bits per heavy atom. The van der Waals surface area contributed by atoms with Gasteiger partial charge in [-0.15, -0.1) is 0 Å². The van der Waals surface area contributed by atoms with Crippen molar-refractivity contribution in [2.75, 3.05) is 38.6 Å². The van der Waals surface area contributed by atoms with Crippen molar-refractivity contribution in [3.63, 3.8) is 0 Å². The predicted octanol–water partition coefficient (Wildman–Crippen LogP) is 1.37. The number of anilines is 1. The summed E-state index contributed by atoms with van der Waals surface area (Å²) in [6, 6.07) is 8.47. The molecule has 1 aliphatic rings. The first-order valence-electron chi connectivity index (χ1n) is 9.91. The maximum absolute atomic E-state index is 12.5. The number of hydrogen-bond donors (Lipinski definition) is 2. The topological polar surface area (TPSA) is 111 Å². The molecular weight excluding hydrogens is 372 g/mol. The second kappa shape index (κ2) is 8.62. The number of fused-ring (bicyclic) bond motifs is 1. The van der Waals surface area contributed by atoms with Crippen molar-refractivity contribution in [1.82, 2.24) is 24.4 Å². The standard InChI is InChI=1S/C20H26N6O3/c1-2-9-29-19-23-17(21)16-18(24-19)26(20(27)22-16)13-15-5-3-14(4-6-15)12-25-7-10-28-11-8-25/h3-6H,2,7-13H2,1H3,(H,22,27)(H2,21,23,24). The van der Waals surface area contributed by atoms with Crippen LogP contribution >= 0.6 is 0 Å². The fourth-order valence-corrected chi connectivity index (χ4v) is 3.39. The van der Waals surface area contributed by atoms with E-state index in [1.54, 1.807) is 4.57 Å². The van der Waals surface area contributed by atoms with Crippen LogP contribution in [-0.2, 0) is 17.8 Å². The van der Waals surface area contributed by atoms with Crippen LogP contribution in [0.4, 0.5) is 5.82 Å². The summed E-state index contributed by atoms with van der Waals surface area (Å²) in [6.07, 6.45) is 0.831. The van der Waals surface area contributed by atoms with Crippen LogP contribution in [0.3, 0.4) is 0 Å². The normalized spacial score (nSPS) is 15.1. The Morgan fingerprint density at radius 3 is 2.52 bits per heavy atom. The van der Waals surface area contributed by atoms with Crippen LogP contribution < -0.4 is 16.2 Å². The maximum Gasteiger partial charge on any atom is 0.328 e. The van der Waals surface area contributed by atoms with Gasteiger partial charge >= 0.3 is 11.7 Å². The summed E-state index contributed by atoms with van der Waals surface area (Å²) in [5, 5.41) is 0. The van der Waals surface area contributed by atoms with Crippen molar-refractivity contribution in [1.29, 1.82) is 0 Å². The van der Waals surface area contributed by atoms with Gasteiger partial charge in [0.2, 0.25) is 0 Å². The van der Waals surface area contributed by atoms with Gasteiger partial charge in [-0.05, 0) is 17.5 Å². The number of morpholine rings is 1. The van der Waals surface area contributed by atoms with Gasteiger partial charge in [-0.2, -0.15) is 9.97 Å². The van der Waals surface area contributed by atoms with Gasteiger partial charge in [-0.3, -0.25) is 9.47 Å². The predicted molar refractivity (Wildman–Crippen MR) is 110 cm³/mol. The first-order valence-corrected chi connectivity index (χ1v) is 9.91. The minimum absolute atomic E-state index is 0.186. The van der Waals surface area contributed by atoms with Crippen LogP contribution in [-0.4, -0.2) is 57.3 Å². The molecule has 0 saturated carbocycles. The monoisotopic (exact) mass is 398 g/mol. The van der Waals surface area contributed by atoms with E-state index in [0.29, 0.717) is 24.3 Å². The van der Waals surface area contributed by atoms with E-state index in [1.807, 2.05) is 19.1 Å². The summed E-state index contributed by atoms with van der Waals surface area (Å²) < 4.78 is 12.5. The van der Waals surface area contributed by atoms with E-state index in [4.69, 9.17) is 15.2 Å². The molecule has 0 unspecified atom stereocenters. The number of aromatic nitrogens is 4. The van der Waals surface area contributed by atoms with Gasteiger partial charge < -0.3 is 20.2 Å². The molecule has 0 atom stereocenters. The van der Waals surface area contributed by atoms with E-state index in [2.05, 4.69) is 32.0 Å². The van der Waals surface area contributed by atoms with E-state index in [-0.39, 0.29) is 17.5 Å². The van der Waals surface area contributed by atoms with E-state index < -0.39 is 0 Å². The van der Waals surface area contributed by atoms with Gasteiger partial charge in [0, 0.05) is 19.6 Å². The van der Waals surface area contributed by atoms with Crippen molar-refractivity contribution in [2.24, 2.45) is 0 Å². The highest BCUT2D eigenvalue weighted by Gasteiger charge is 2.15. The van der Waals surface area contributed by atoms with Gasteiger partial charge in [0.1, 0.15) is 5.52 Å². The molecule has 0 radical (unpaired) electrons. The molecule has 1 saturated heterocycles. The Labute approximate surface area is 168 Å². The third-order valence-electron chi connectivity index (χ3n) is 4.94. The number of hydrogen-bond acceptors (Lipinski definition) is 7. The summed E-state index contributed by atoms with van der Waals surface area (Å²) in [5.74, 6) is 0.206. The van der Waals surface area contributed by atoms with Crippen LogP contribution in [0, 0.1) is 0 Å². The number of rotatable bonds is 7. The Bertz CT molecular complexity index is 1020. The molecular formula is C20H26N6O3. The average Bonchev–Trinajstić information content (AvgIpc) is 3.05. The second-order valence-corrected chi connectivity index (χ2v) is 7.16. The van der Waals surface area contributed by atoms with Gasteiger partial charge in [0.15, 0.2) is 11.5 Å². The summed E-state index contributed by atoms with van der Waals surface area (Å²) in [6.45, 7) is 7.26. The molecule has 9 heteroatoms. The molecule has 1 aliphatic heterocycles. The highest BCUT2D eigenvalue weighted by Crippen LogP contribution is 2.19. The van der Waals surface area contributed by atoms with Gasteiger partial charge in [0.05, 0.1) is 26.4 Å². The fourth-order valence-electron chi connectivity index (χ4n) is 3.39. The SMILES string of the molecule is CCCOc1nc(N)c2[nH]c(=O)n(Cc3ccc(CN4CCOCC4)cc3)c2n1. The molecule has 0 spiro atoms. The summed E-state index contributed by atoms with van der Waals surface area (Å²) >= 11 is 0. The maximum atomic E-state index is 12.5. The van der Waals surface area contributed by atoms with Crippen LogP contribution in [0.25, 0.3) is 11.2 Å². The highest BCUT2D eigenvalue weighted by atomic mass is 16.5. The number of ether oxygens (including phenoxy) is 2. The number of aromatic amines is 1. The summed E-state index contributed by atoms with van der Waals surface area (Å²) in [5.41, 5.74) is 8.84. The fraction of sp³-hybridized carbons (Fsp3) is 0.450. The lowest BCUT2D eigenvalue weighted by Gasteiger charge is -2.26. The molecule has 0 aliphatic carbocycles. The third kappa shape index (κ3) is 4.41. The zero-order chi connectivity index (χ0) is 20.2. The number of imidazole rings is 1. The third-order valence-corrected chi connectivity index (χ3v) is 4.94. The average molecular weight is 398 g/mol. The number of benzene rings is 1. The number of nitrogen functional groups attached to an aromatic ring is 1. The van der Waals surface area contributed by atoms with Crippen LogP contribution in [0.5, 0.6) is 6.01 Å². The first kappa shape index (κ1) is 19.4. The molecule has 3 heterocycles. The zero-order valence-corrected chi connectivity index (χ0v) is 16.6. The van der Waals surface area contributed by atoms with E-state index in [9.17, 15) is 4.79 Å². The Balaban J connectivity index is 1.54. The molecule has 3 N–H and O–H groups in total. The smallest absolute Gasteiger partial charge is 0.328 e. The van der Waals surface area contributed by atoms with Crippen molar-refractivity contribution in [2.45, 2.75) is 26.4 Å². The molecule has 3 aromatic rings. The summed E-state index contributed by atoms with van der Waals surface area (Å²) in [7, 11) is 0. The lowest BCUT2D eigenvalue weighted by atomic mass is 10.1. The Morgan fingerprint density at radius 1 is 1.14 bits per heavy atom. The van der Waals surface area contributed by atoms with Crippen molar-refractivity contribution in [3.05, 3.63) is 45.9 Å². The van der Waals surface area contributed by atoms with Crippen molar-refractivity contribution in [3.8, 4) is 6.01 Å². The lowest BCUT2D eigenvalue weighted by Crippen LogP contribution is -2.35. The molecule has 1 aromatic carbocycles. The number of nitrogens with one attached hydrogen (secondary N) is 1. The summed E-state index contributed by atoms with van der Waals surface area (Å²) in [4.78, 5) is 26.1. The molecule has 2 aromatic heterocycles. The Kier molecular flexibility index (Phi) is 5.77. The minimum Gasteiger partial charge on any atom is -0.463 e. The zero-order valence-electron chi connectivity index (χ0n) is 16.6. The number of nitrogens with zero attached hydrogens (tertiary/aromatic N) is 4. The van der Waals surface area contributed by atoms with E-state index >= 15 is 0 Å². The minimum atomic E-state index is -0.272. The van der Waals surface area contributed by atoms with E-state index in [1.165, 1.54) is 5.56 Å². The van der Waals surface area contributed by atoms with Gasteiger partial charge in [0.25, 0.3) is 0 Å². The van der Waals surface area contributed by atoms with Crippen LogP contribution in [0.15, 0.2) is 29.1 Å². The molecule has 154 valence electrons. The Hall–Kier alpha value is -2.91. The quantitative estimate of drug-likeness (QED) is 0.618. The molecule has 29 heavy (non-hydrogen) atoms.